The fourth-order valence-electron chi connectivity index (χ4n) is 1.96. The van der Waals surface area contributed by atoms with Crippen molar-refractivity contribution in [3.8, 4) is 5.75 Å². The lowest BCUT2D eigenvalue weighted by Crippen LogP contribution is -2.25. The van der Waals surface area contributed by atoms with Crippen molar-refractivity contribution in [3.05, 3.63) is 29.8 Å². The Hall–Kier alpha value is -0.880. The maximum absolute atomic E-state index is 12.1. The highest BCUT2D eigenvalue weighted by molar-refractivity contribution is 7.99. The molecule has 0 aliphatic carbocycles. The number of thioether (sulfide) groups is 1. The Balaban J connectivity index is 2.01. The van der Waals surface area contributed by atoms with Crippen LogP contribution < -0.4 is 10.1 Å². The Morgan fingerprint density at radius 3 is 2.53 bits per heavy atom. The molecule has 1 saturated heterocycles. The van der Waals surface area contributed by atoms with Crippen molar-refractivity contribution in [3.63, 3.8) is 0 Å². The number of halogens is 3. The predicted octanol–water partition coefficient (Wildman–Crippen LogP) is 3.60. The highest BCUT2D eigenvalue weighted by atomic mass is 32.2. The molecule has 6 heteroatoms. The van der Waals surface area contributed by atoms with E-state index in [1.54, 1.807) is 12.1 Å². The summed E-state index contributed by atoms with van der Waals surface area (Å²) in [5, 5.41) is 3.43. The molecule has 1 aromatic carbocycles. The number of benzene rings is 1. The zero-order valence-corrected chi connectivity index (χ0v) is 11.4. The Bertz CT molecular complexity index is 407. The molecular formula is C13H16F3NOS. The summed E-state index contributed by atoms with van der Waals surface area (Å²) in [4.78, 5) is 0. The van der Waals surface area contributed by atoms with Crippen molar-refractivity contribution in [2.45, 2.75) is 19.3 Å². The maximum atomic E-state index is 12.1. The SMILES string of the molecule is CC1CNC(c2ccc(OC(F)(F)F)cc2)CSC1. The Labute approximate surface area is 114 Å². The summed E-state index contributed by atoms with van der Waals surface area (Å²) in [5.74, 6) is 2.48. The molecule has 19 heavy (non-hydrogen) atoms. The number of hydrogen-bond donors (Lipinski definition) is 1. The number of ether oxygens (including phenoxy) is 1. The van der Waals surface area contributed by atoms with Gasteiger partial charge in [-0.15, -0.1) is 13.2 Å². The van der Waals surface area contributed by atoms with Gasteiger partial charge in [-0.25, -0.2) is 0 Å². The third kappa shape index (κ3) is 4.62. The van der Waals surface area contributed by atoms with Crippen molar-refractivity contribution in [1.29, 1.82) is 0 Å². The average molecular weight is 291 g/mol. The molecule has 1 aliphatic heterocycles. The first-order chi connectivity index (χ1) is 8.94. The summed E-state index contributed by atoms with van der Waals surface area (Å²) < 4.78 is 40.0. The molecule has 0 aromatic heterocycles. The smallest absolute Gasteiger partial charge is 0.406 e. The van der Waals surface area contributed by atoms with Crippen LogP contribution in [-0.4, -0.2) is 24.4 Å². The van der Waals surface area contributed by atoms with E-state index in [9.17, 15) is 13.2 Å². The monoisotopic (exact) mass is 291 g/mol. The molecule has 1 heterocycles. The van der Waals surface area contributed by atoms with Gasteiger partial charge in [-0.05, 0) is 35.9 Å². The molecule has 1 fully saturated rings. The van der Waals surface area contributed by atoms with Crippen molar-refractivity contribution in [2.24, 2.45) is 5.92 Å². The lowest BCUT2D eigenvalue weighted by Gasteiger charge is -2.17. The summed E-state index contributed by atoms with van der Waals surface area (Å²) in [6.07, 6.45) is -4.63. The molecule has 2 rings (SSSR count). The van der Waals surface area contributed by atoms with Gasteiger partial charge in [0.05, 0.1) is 0 Å². The summed E-state index contributed by atoms with van der Waals surface area (Å²) in [7, 11) is 0. The summed E-state index contributed by atoms with van der Waals surface area (Å²) in [6.45, 7) is 3.11. The van der Waals surface area contributed by atoms with Crippen molar-refractivity contribution >= 4 is 11.8 Å². The van der Waals surface area contributed by atoms with Crippen LogP contribution >= 0.6 is 11.8 Å². The van der Waals surface area contributed by atoms with E-state index in [-0.39, 0.29) is 11.8 Å². The summed E-state index contributed by atoms with van der Waals surface area (Å²) >= 11 is 1.87. The Morgan fingerprint density at radius 2 is 1.89 bits per heavy atom. The second-order valence-electron chi connectivity index (χ2n) is 4.72. The summed E-state index contributed by atoms with van der Waals surface area (Å²) in [5.41, 5.74) is 0.996. The average Bonchev–Trinajstić information content (AvgIpc) is 2.53. The minimum absolute atomic E-state index is 0.175. The Morgan fingerprint density at radius 1 is 1.21 bits per heavy atom. The minimum Gasteiger partial charge on any atom is -0.406 e. The van der Waals surface area contributed by atoms with E-state index in [0.29, 0.717) is 5.92 Å². The van der Waals surface area contributed by atoms with Crippen LogP contribution in [0.15, 0.2) is 24.3 Å². The van der Waals surface area contributed by atoms with Crippen LogP contribution in [-0.2, 0) is 0 Å². The van der Waals surface area contributed by atoms with Gasteiger partial charge < -0.3 is 10.1 Å². The van der Waals surface area contributed by atoms with E-state index >= 15 is 0 Å². The van der Waals surface area contributed by atoms with Crippen LogP contribution in [0.1, 0.15) is 18.5 Å². The van der Waals surface area contributed by atoms with E-state index in [1.807, 2.05) is 11.8 Å². The molecule has 0 radical (unpaired) electrons. The molecule has 0 saturated carbocycles. The molecular weight excluding hydrogens is 275 g/mol. The van der Waals surface area contributed by atoms with Gasteiger partial charge in [0.2, 0.25) is 0 Å². The van der Waals surface area contributed by atoms with Gasteiger partial charge in [-0.2, -0.15) is 11.8 Å². The maximum Gasteiger partial charge on any atom is 0.573 e. The number of nitrogens with one attached hydrogen (secondary N) is 1. The lowest BCUT2D eigenvalue weighted by molar-refractivity contribution is -0.274. The zero-order valence-electron chi connectivity index (χ0n) is 10.5. The highest BCUT2D eigenvalue weighted by Crippen LogP contribution is 2.27. The van der Waals surface area contributed by atoms with Gasteiger partial charge in [-0.1, -0.05) is 19.1 Å². The third-order valence-corrected chi connectivity index (χ3v) is 4.29. The number of alkyl halides is 3. The second-order valence-corrected chi connectivity index (χ2v) is 5.80. The standard InChI is InChI=1S/C13H16F3NOS/c1-9-6-17-12(8-19-7-9)10-2-4-11(5-3-10)18-13(14,15)16/h2-5,9,12,17H,6-8H2,1H3. The van der Waals surface area contributed by atoms with Crippen LogP contribution in [0.2, 0.25) is 0 Å². The van der Waals surface area contributed by atoms with E-state index in [1.165, 1.54) is 12.1 Å². The van der Waals surface area contributed by atoms with Gasteiger partial charge in [0.1, 0.15) is 5.75 Å². The van der Waals surface area contributed by atoms with Crippen LogP contribution in [0, 0.1) is 5.92 Å². The van der Waals surface area contributed by atoms with Gasteiger partial charge in [0.15, 0.2) is 0 Å². The van der Waals surface area contributed by atoms with Gasteiger partial charge in [-0.3, -0.25) is 0 Å². The van der Waals surface area contributed by atoms with E-state index in [0.717, 1.165) is 23.6 Å². The lowest BCUT2D eigenvalue weighted by atomic mass is 10.1. The first kappa shape index (κ1) is 14.5. The molecule has 0 amide bonds. The van der Waals surface area contributed by atoms with Crippen molar-refractivity contribution in [1.82, 2.24) is 5.32 Å². The second kappa shape index (κ2) is 6.05. The minimum atomic E-state index is -4.63. The Kier molecular flexibility index (Phi) is 4.62. The van der Waals surface area contributed by atoms with Crippen molar-refractivity contribution < 1.29 is 17.9 Å². The molecule has 1 aromatic rings. The molecule has 2 nitrogen and oxygen atoms in total. The van der Waals surface area contributed by atoms with Crippen molar-refractivity contribution in [2.75, 3.05) is 18.1 Å². The molecule has 106 valence electrons. The first-order valence-corrected chi connectivity index (χ1v) is 7.26. The zero-order chi connectivity index (χ0) is 13.9. The van der Waals surface area contributed by atoms with Gasteiger partial charge in [0, 0.05) is 11.8 Å². The van der Waals surface area contributed by atoms with Gasteiger partial charge in [0.25, 0.3) is 0 Å². The van der Waals surface area contributed by atoms with Crippen LogP contribution in [0.3, 0.4) is 0 Å². The van der Waals surface area contributed by atoms with E-state index < -0.39 is 6.36 Å². The molecule has 2 unspecified atom stereocenters. The predicted molar refractivity (Wildman–Crippen MR) is 70.4 cm³/mol. The third-order valence-electron chi connectivity index (χ3n) is 2.92. The molecule has 0 spiro atoms. The van der Waals surface area contributed by atoms with Crippen LogP contribution in [0.5, 0.6) is 5.75 Å². The van der Waals surface area contributed by atoms with Gasteiger partial charge >= 0.3 is 6.36 Å². The number of hydrogen-bond acceptors (Lipinski definition) is 3. The van der Waals surface area contributed by atoms with Crippen LogP contribution in [0.4, 0.5) is 13.2 Å². The quantitative estimate of drug-likeness (QED) is 0.899. The van der Waals surface area contributed by atoms with E-state index in [4.69, 9.17) is 0 Å². The molecule has 1 aliphatic rings. The first-order valence-electron chi connectivity index (χ1n) is 6.11. The molecule has 0 bridgehead atoms. The summed E-state index contributed by atoms with van der Waals surface area (Å²) in [6, 6.07) is 6.30. The topological polar surface area (TPSA) is 21.3 Å². The highest BCUT2D eigenvalue weighted by Gasteiger charge is 2.31. The largest absolute Gasteiger partial charge is 0.573 e. The normalized spacial score (nSPS) is 24.8. The molecule has 1 N–H and O–H groups in total. The van der Waals surface area contributed by atoms with Crippen LogP contribution in [0.25, 0.3) is 0 Å². The van der Waals surface area contributed by atoms with E-state index in [2.05, 4.69) is 17.0 Å². The number of rotatable bonds is 2. The fourth-order valence-corrected chi connectivity index (χ4v) is 3.17. The fraction of sp³-hybridized carbons (Fsp3) is 0.538. The molecule has 2 atom stereocenters.